The van der Waals surface area contributed by atoms with Crippen LogP contribution in [0.4, 0.5) is 0 Å². The molecule has 3 aromatic rings. The van der Waals surface area contributed by atoms with Gasteiger partial charge in [-0.3, -0.25) is 9.59 Å². The van der Waals surface area contributed by atoms with Crippen LogP contribution in [-0.4, -0.2) is 47.1 Å². The van der Waals surface area contributed by atoms with Crippen molar-refractivity contribution >= 4 is 16.9 Å². The number of fused-ring (bicyclic) bond motifs is 1. The number of amides is 1. The van der Waals surface area contributed by atoms with Crippen LogP contribution in [0.2, 0.25) is 0 Å². The average Bonchev–Trinajstić information content (AvgIpc) is 2.70. The molecule has 8 nitrogen and oxygen atoms in total. The van der Waals surface area contributed by atoms with E-state index >= 15 is 0 Å². The highest BCUT2D eigenvalue weighted by atomic mass is 16.5. The van der Waals surface area contributed by atoms with E-state index in [1.165, 1.54) is 18.2 Å². The first kappa shape index (κ1) is 19.4. The molecule has 1 atom stereocenters. The highest BCUT2D eigenvalue weighted by molar-refractivity contribution is 5.86. The second kappa shape index (κ2) is 8.55. The maximum atomic E-state index is 12.4. The van der Waals surface area contributed by atoms with Gasteiger partial charge in [-0.05, 0) is 0 Å². The minimum absolute atomic E-state index is 0.0163. The first-order chi connectivity index (χ1) is 13.5. The lowest BCUT2D eigenvalue weighted by Gasteiger charge is -2.11. The van der Waals surface area contributed by atoms with E-state index in [1.54, 1.807) is 12.1 Å². The molecule has 0 radical (unpaired) electrons. The molecule has 0 saturated carbocycles. The van der Waals surface area contributed by atoms with E-state index in [4.69, 9.17) is 14.3 Å². The first-order valence-corrected chi connectivity index (χ1v) is 8.52. The summed E-state index contributed by atoms with van der Waals surface area (Å²) in [4.78, 5) is 24.1. The van der Waals surface area contributed by atoms with Gasteiger partial charge in [0.05, 0.1) is 12.7 Å². The summed E-state index contributed by atoms with van der Waals surface area (Å²) < 4.78 is 11.1. The molecule has 4 N–H and O–H groups in total. The van der Waals surface area contributed by atoms with Crippen LogP contribution in [0.5, 0.6) is 11.5 Å². The fourth-order valence-corrected chi connectivity index (χ4v) is 2.57. The quantitative estimate of drug-likeness (QED) is 0.478. The van der Waals surface area contributed by atoms with Crippen molar-refractivity contribution in [2.75, 3.05) is 19.8 Å². The standard InChI is InChI=1S/C20H19NO7/c22-10-13(23)9-21-19(26)11-27-14-6-15(24)20-16(25)8-17(28-18(20)7-14)12-4-2-1-3-5-12/h1-8,13,22-24H,9-11H2,(H,21,26)/t13-/m1/s1. The van der Waals surface area contributed by atoms with Gasteiger partial charge in [-0.25, -0.2) is 0 Å². The number of carbonyl (C=O) groups excluding carboxylic acids is 1. The Hall–Kier alpha value is -3.36. The van der Waals surface area contributed by atoms with Crippen molar-refractivity contribution in [3.05, 3.63) is 58.8 Å². The number of phenols is 1. The van der Waals surface area contributed by atoms with Crippen LogP contribution in [-0.2, 0) is 4.79 Å². The number of phenolic OH excluding ortho intramolecular Hbond substituents is 1. The monoisotopic (exact) mass is 385 g/mol. The lowest BCUT2D eigenvalue weighted by Crippen LogP contribution is -2.36. The van der Waals surface area contributed by atoms with E-state index in [9.17, 15) is 19.8 Å². The largest absolute Gasteiger partial charge is 0.507 e. The predicted molar refractivity (Wildman–Crippen MR) is 101 cm³/mol. The molecule has 2 aromatic carbocycles. The lowest BCUT2D eigenvalue weighted by atomic mass is 10.1. The van der Waals surface area contributed by atoms with Crippen molar-refractivity contribution in [3.63, 3.8) is 0 Å². The van der Waals surface area contributed by atoms with E-state index in [0.29, 0.717) is 11.3 Å². The van der Waals surface area contributed by atoms with Crippen LogP contribution in [0.25, 0.3) is 22.3 Å². The lowest BCUT2D eigenvalue weighted by molar-refractivity contribution is -0.123. The summed E-state index contributed by atoms with van der Waals surface area (Å²) in [6.45, 7) is -0.967. The minimum atomic E-state index is -1.06. The Morgan fingerprint density at radius 3 is 2.64 bits per heavy atom. The summed E-state index contributed by atoms with van der Waals surface area (Å²) in [5.74, 6) is -0.370. The number of benzene rings is 2. The van der Waals surface area contributed by atoms with E-state index in [0.717, 1.165) is 0 Å². The van der Waals surface area contributed by atoms with Crippen LogP contribution >= 0.6 is 0 Å². The van der Waals surface area contributed by atoms with Crippen LogP contribution < -0.4 is 15.5 Å². The second-order valence-corrected chi connectivity index (χ2v) is 6.09. The van der Waals surface area contributed by atoms with Crippen molar-refractivity contribution in [1.82, 2.24) is 5.32 Å². The van der Waals surface area contributed by atoms with Gasteiger partial charge in [0.15, 0.2) is 12.0 Å². The number of ether oxygens (including phenoxy) is 1. The number of aliphatic hydroxyl groups excluding tert-OH is 2. The highest BCUT2D eigenvalue weighted by Crippen LogP contribution is 2.31. The van der Waals surface area contributed by atoms with Gasteiger partial charge in [-0.2, -0.15) is 0 Å². The van der Waals surface area contributed by atoms with Crippen molar-refractivity contribution in [2.24, 2.45) is 0 Å². The Balaban J connectivity index is 1.83. The topological polar surface area (TPSA) is 129 Å². The molecule has 0 spiro atoms. The van der Waals surface area contributed by atoms with E-state index < -0.39 is 24.0 Å². The summed E-state index contributed by atoms with van der Waals surface area (Å²) in [5.41, 5.74) is 0.423. The van der Waals surface area contributed by atoms with Crippen LogP contribution in [0.1, 0.15) is 0 Å². The van der Waals surface area contributed by atoms with Gasteiger partial charge in [0.25, 0.3) is 5.91 Å². The second-order valence-electron chi connectivity index (χ2n) is 6.09. The third-order valence-electron chi connectivity index (χ3n) is 3.96. The van der Waals surface area contributed by atoms with Gasteiger partial charge in [0.2, 0.25) is 0 Å². The van der Waals surface area contributed by atoms with E-state index in [1.807, 2.05) is 18.2 Å². The molecule has 0 aliphatic rings. The molecule has 0 aliphatic heterocycles. The van der Waals surface area contributed by atoms with Crippen molar-refractivity contribution in [1.29, 1.82) is 0 Å². The number of nitrogens with one attached hydrogen (secondary N) is 1. The molecular weight excluding hydrogens is 366 g/mol. The summed E-state index contributed by atoms with van der Waals surface area (Å²) >= 11 is 0. The number of rotatable bonds is 7. The van der Waals surface area contributed by atoms with Crippen molar-refractivity contribution in [3.8, 4) is 22.8 Å². The molecule has 0 saturated heterocycles. The molecule has 0 aliphatic carbocycles. The molecule has 1 amide bonds. The van der Waals surface area contributed by atoms with Crippen molar-refractivity contribution < 1.29 is 29.3 Å². The molecule has 0 unspecified atom stereocenters. The smallest absolute Gasteiger partial charge is 0.258 e. The molecule has 0 bridgehead atoms. The Bertz CT molecular complexity index is 1030. The Morgan fingerprint density at radius 1 is 1.18 bits per heavy atom. The maximum absolute atomic E-state index is 12.4. The number of carbonyl (C=O) groups is 1. The van der Waals surface area contributed by atoms with Gasteiger partial charge in [-0.15, -0.1) is 0 Å². The Labute approximate surface area is 159 Å². The molecule has 1 aromatic heterocycles. The normalized spacial score (nSPS) is 11.9. The highest BCUT2D eigenvalue weighted by Gasteiger charge is 2.14. The predicted octanol–water partition coefficient (Wildman–Crippen LogP) is 1.01. The summed E-state index contributed by atoms with van der Waals surface area (Å²) in [7, 11) is 0. The van der Waals surface area contributed by atoms with E-state index in [-0.39, 0.29) is 35.6 Å². The van der Waals surface area contributed by atoms with Crippen LogP contribution in [0.3, 0.4) is 0 Å². The third kappa shape index (κ3) is 4.48. The first-order valence-electron chi connectivity index (χ1n) is 8.52. The molecule has 146 valence electrons. The fraction of sp³-hybridized carbons (Fsp3) is 0.200. The fourth-order valence-electron chi connectivity index (χ4n) is 2.57. The number of hydrogen-bond donors (Lipinski definition) is 4. The number of hydrogen-bond acceptors (Lipinski definition) is 7. The minimum Gasteiger partial charge on any atom is -0.507 e. The summed E-state index contributed by atoms with van der Waals surface area (Å²) in [6, 6.07) is 13.0. The zero-order valence-corrected chi connectivity index (χ0v) is 14.8. The average molecular weight is 385 g/mol. The molecule has 3 rings (SSSR count). The van der Waals surface area contributed by atoms with Crippen LogP contribution in [0.15, 0.2) is 57.7 Å². The molecule has 8 heteroatoms. The molecular formula is C20H19NO7. The van der Waals surface area contributed by atoms with Gasteiger partial charge < -0.3 is 29.8 Å². The van der Waals surface area contributed by atoms with Crippen molar-refractivity contribution in [2.45, 2.75) is 6.10 Å². The van der Waals surface area contributed by atoms with Gasteiger partial charge in [0.1, 0.15) is 28.2 Å². The van der Waals surface area contributed by atoms with Gasteiger partial charge >= 0.3 is 0 Å². The molecule has 28 heavy (non-hydrogen) atoms. The summed E-state index contributed by atoms with van der Waals surface area (Å²) in [5, 5.41) is 30.5. The Kier molecular flexibility index (Phi) is 5.93. The zero-order valence-electron chi connectivity index (χ0n) is 14.8. The molecule has 1 heterocycles. The summed E-state index contributed by atoms with van der Waals surface area (Å²) in [6.07, 6.45) is -1.06. The number of aromatic hydroxyl groups is 1. The Morgan fingerprint density at radius 2 is 1.93 bits per heavy atom. The zero-order chi connectivity index (χ0) is 20.1. The maximum Gasteiger partial charge on any atom is 0.258 e. The number of aliphatic hydroxyl groups is 2. The van der Waals surface area contributed by atoms with Gasteiger partial charge in [0, 0.05) is 30.3 Å². The molecule has 0 fully saturated rings. The SMILES string of the molecule is O=C(COc1cc(O)c2c(=O)cc(-c3ccccc3)oc2c1)NC[C@@H](O)CO. The van der Waals surface area contributed by atoms with E-state index in [2.05, 4.69) is 5.32 Å². The third-order valence-corrected chi connectivity index (χ3v) is 3.96. The van der Waals surface area contributed by atoms with Crippen LogP contribution in [0, 0.1) is 0 Å². The van der Waals surface area contributed by atoms with Gasteiger partial charge in [-0.1, -0.05) is 30.3 Å².